The van der Waals surface area contributed by atoms with Crippen LogP contribution in [0.1, 0.15) is 24.2 Å². The summed E-state index contributed by atoms with van der Waals surface area (Å²) >= 11 is 3.20. The highest BCUT2D eigenvalue weighted by Crippen LogP contribution is 2.24. The van der Waals surface area contributed by atoms with Crippen LogP contribution in [0.2, 0.25) is 0 Å². The summed E-state index contributed by atoms with van der Waals surface area (Å²) in [7, 11) is 3.96. The van der Waals surface area contributed by atoms with E-state index in [0.29, 0.717) is 16.0 Å². The summed E-state index contributed by atoms with van der Waals surface area (Å²) in [6, 6.07) is 4.90. The molecule has 0 radical (unpaired) electrons. The minimum atomic E-state index is -0.164. The molecule has 1 rings (SSSR count). The van der Waals surface area contributed by atoms with Crippen molar-refractivity contribution in [2.45, 2.75) is 19.9 Å². The van der Waals surface area contributed by atoms with Crippen molar-refractivity contribution in [2.75, 3.05) is 20.6 Å². The first-order valence-electron chi connectivity index (χ1n) is 6.25. The molecule has 0 aromatic heterocycles. The van der Waals surface area contributed by atoms with Gasteiger partial charge in [-0.25, -0.2) is 0 Å². The van der Waals surface area contributed by atoms with Crippen LogP contribution in [0.15, 0.2) is 22.7 Å². The summed E-state index contributed by atoms with van der Waals surface area (Å²) in [4.78, 5) is 14.2. The van der Waals surface area contributed by atoms with Gasteiger partial charge in [0, 0.05) is 18.2 Å². The predicted octanol–water partition coefficient (Wildman–Crippen LogP) is 2.47. The van der Waals surface area contributed by atoms with Crippen LogP contribution in [-0.4, -0.2) is 42.6 Å². The summed E-state index contributed by atoms with van der Waals surface area (Å²) in [5.41, 5.74) is 0.463. The Morgan fingerprint density at radius 3 is 2.53 bits per heavy atom. The van der Waals surface area contributed by atoms with Crippen molar-refractivity contribution in [1.82, 2.24) is 10.2 Å². The fraction of sp³-hybridized carbons (Fsp3) is 0.500. The Hall–Kier alpha value is -1.07. The molecule has 0 bridgehead atoms. The van der Waals surface area contributed by atoms with E-state index in [2.05, 4.69) is 35.1 Å². The average Bonchev–Trinajstić information content (AvgIpc) is 2.31. The average molecular weight is 329 g/mol. The molecule has 0 saturated heterocycles. The van der Waals surface area contributed by atoms with Crippen LogP contribution < -0.4 is 5.32 Å². The number of phenols is 1. The summed E-state index contributed by atoms with van der Waals surface area (Å²) in [5.74, 6) is 0.250. The maximum atomic E-state index is 12.1. The van der Waals surface area contributed by atoms with Gasteiger partial charge in [0.05, 0.1) is 4.47 Å². The molecule has 2 N–H and O–H groups in total. The Kier molecular flexibility index (Phi) is 5.82. The van der Waals surface area contributed by atoms with E-state index in [1.54, 1.807) is 12.1 Å². The molecule has 1 aromatic rings. The number of likely N-dealkylation sites (N-methyl/N-ethyl adjacent to an activating group) is 1. The lowest BCUT2D eigenvalue weighted by Gasteiger charge is -2.25. The fourth-order valence-corrected chi connectivity index (χ4v) is 1.97. The Morgan fingerprint density at radius 1 is 1.42 bits per heavy atom. The van der Waals surface area contributed by atoms with E-state index >= 15 is 0 Å². The van der Waals surface area contributed by atoms with Crippen molar-refractivity contribution < 1.29 is 9.90 Å². The smallest absolute Gasteiger partial charge is 0.251 e. The second kappa shape index (κ2) is 6.91. The number of rotatable bonds is 5. The highest BCUT2D eigenvalue weighted by Gasteiger charge is 2.18. The first-order chi connectivity index (χ1) is 8.81. The van der Waals surface area contributed by atoms with Gasteiger partial charge in [-0.1, -0.05) is 13.8 Å². The number of hydrogen-bond acceptors (Lipinski definition) is 3. The molecule has 0 aliphatic carbocycles. The van der Waals surface area contributed by atoms with Crippen LogP contribution >= 0.6 is 15.9 Å². The molecule has 19 heavy (non-hydrogen) atoms. The summed E-state index contributed by atoms with van der Waals surface area (Å²) in [6.07, 6.45) is 0. The third-order valence-corrected chi connectivity index (χ3v) is 3.56. The Bertz CT molecular complexity index is 447. The molecule has 0 heterocycles. The van der Waals surface area contributed by atoms with Gasteiger partial charge in [0.2, 0.25) is 0 Å². The Labute approximate surface area is 122 Å². The van der Waals surface area contributed by atoms with Crippen LogP contribution in [0.3, 0.4) is 0 Å². The topological polar surface area (TPSA) is 52.6 Å². The van der Waals surface area contributed by atoms with Crippen LogP contribution in [0, 0.1) is 5.92 Å². The summed E-state index contributed by atoms with van der Waals surface area (Å²) < 4.78 is 0.581. The van der Waals surface area contributed by atoms with Crippen molar-refractivity contribution in [1.29, 1.82) is 0 Å². The number of nitrogens with zero attached hydrogens (tertiary/aromatic N) is 1. The SMILES string of the molecule is CC(C)C(CN(C)C)NC(=O)c1ccc(Br)c(O)c1. The Morgan fingerprint density at radius 2 is 2.05 bits per heavy atom. The van der Waals surface area contributed by atoms with Crippen LogP contribution in [-0.2, 0) is 0 Å². The standard InChI is InChI=1S/C14H21BrN2O2/c1-9(2)12(8-17(3)4)16-14(19)10-5-6-11(15)13(18)7-10/h5-7,9,12,18H,8H2,1-4H3,(H,16,19). The van der Waals surface area contributed by atoms with Crippen molar-refractivity contribution in [2.24, 2.45) is 5.92 Å². The zero-order valence-corrected chi connectivity index (χ0v) is 13.4. The highest BCUT2D eigenvalue weighted by molar-refractivity contribution is 9.10. The van der Waals surface area contributed by atoms with Gasteiger partial charge in [0.15, 0.2) is 0 Å². The lowest BCUT2D eigenvalue weighted by Crippen LogP contribution is -2.44. The number of amides is 1. The second-order valence-corrected chi connectivity index (χ2v) is 6.11. The van der Waals surface area contributed by atoms with Gasteiger partial charge in [0.1, 0.15) is 5.75 Å². The van der Waals surface area contributed by atoms with E-state index < -0.39 is 0 Å². The molecule has 106 valence electrons. The summed E-state index contributed by atoms with van der Waals surface area (Å²) in [6.45, 7) is 4.94. The molecule has 1 amide bonds. The molecule has 1 aromatic carbocycles. The number of carbonyl (C=O) groups is 1. The zero-order valence-electron chi connectivity index (χ0n) is 11.8. The molecule has 0 spiro atoms. The predicted molar refractivity (Wildman–Crippen MR) is 80.5 cm³/mol. The van der Waals surface area contributed by atoms with E-state index in [0.717, 1.165) is 6.54 Å². The number of carbonyl (C=O) groups excluding carboxylic acids is 1. The number of aromatic hydroxyl groups is 1. The number of halogens is 1. The fourth-order valence-electron chi connectivity index (χ4n) is 1.72. The molecule has 4 nitrogen and oxygen atoms in total. The van der Waals surface area contributed by atoms with E-state index in [1.165, 1.54) is 6.07 Å². The van der Waals surface area contributed by atoms with Gasteiger partial charge in [0.25, 0.3) is 5.91 Å². The minimum absolute atomic E-state index is 0.0707. The molecule has 1 unspecified atom stereocenters. The van der Waals surface area contributed by atoms with Crippen LogP contribution in [0.25, 0.3) is 0 Å². The normalized spacial score (nSPS) is 12.8. The van der Waals surface area contributed by atoms with Gasteiger partial charge in [-0.3, -0.25) is 4.79 Å². The first-order valence-corrected chi connectivity index (χ1v) is 7.04. The molecule has 0 saturated carbocycles. The minimum Gasteiger partial charge on any atom is -0.507 e. The van der Waals surface area contributed by atoms with Crippen LogP contribution in [0.5, 0.6) is 5.75 Å². The van der Waals surface area contributed by atoms with Gasteiger partial charge >= 0.3 is 0 Å². The third-order valence-electron chi connectivity index (χ3n) is 2.89. The van der Waals surface area contributed by atoms with Gasteiger partial charge in [-0.15, -0.1) is 0 Å². The van der Waals surface area contributed by atoms with Gasteiger partial charge in [-0.2, -0.15) is 0 Å². The quantitative estimate of drug-likeness (QED) is 0.873. The summed E-state index contributed by atoms with van der Waals surface area (Å²) in [5, 5.41) is 12.6. The van der Waals surface area contributed by atoms with Crippen molar-refractivity contribution in [3.05, 3.63) is 28.2 Å². The van der Waals surface area contributed by atoms with Crippen molar-refractivity contribution >= 4 is 21.8 Å². The molecule has 5 heteroatoms. The first kappa shape index (κ1) is 16.0. The van der Waals surface area contributed by atoms with E-state index in [1.807, 2.05) is 19.0 Å². The molecule has 0 fully saturated rings. The van der Waals surface area contributed by atoms with E-state index in [-0.39, 0.29) is 17.7 Å². The van der Waals surface area contributed by atoms with Crippen molar-refractivity contribution in [3.8, 4) is 5.75 Å². The largest absolute Gasteiger partial charge is 0.507 e. The Balaban J connectivity index is 2.78. The number of hydrogen-bond donors (Lipinski definition) is 2. The monoisotopic (exact) mass is 328 g/mol. The number of phenolic OH excluding ortho intramolecular Hbond substituents is 1. The van der Waals surface area contributed by atoms with Crippen molar-refractivity contribution in [3.63, 3.8) is 0 Å². The lowest BCUT2D eigenvalue weighted by atomic mass is 10.0. The lowest BCUT2D eigenvalue weighted by molar-refractivity contribution is 0.0916. The molecule has 1 atom stereocenters. The number of nitrogens with one attached hydrogen (secondary N) is 1. The van der Waals surface area contributed by atoms with Gasteiger partial charge in [-0.05, 0) is 54.1 Å². The van der Waals surface area contributed by atoms with E-state index in [4.69, 9.17) is 0 Å². The third kappa shape index (κ3) is 4.84. The van der Waals surface area contributed by atoms with E-state index in [9.17, 15) is 9.90 Å². The molecule has 0 aliphatic heterocycles. The van der Waals surface area contributed by atoms with Crippen LogP contribution in [0.4, 0.5) is 0 Å². The number of benzene rings is 1. The molecule has 0 aliphatic rings. The second-order valence-electron chi connectivity index (χ2n) is 5.25. The maximum absolute atomic E-state index is 12.1. The molecular formula is C14H21BrN2O2. The maximum Gasteiger partial charge on any atom is 0.251 e. The highest BCUT2D eigenvalue weighted by atomic mass is 79.9. The van der Waals surface area contributed by atoms with Gasteiger partial charge < -0.3 is 15.3 Å². The molecular weight excluding hydrogens is 308 g/mol. The zero-order chi connectivity index (χ0) is 14.6.